The van der Waals surface area contributed by atoms with E-state index in [1.807, 2.05) is 19.9 Å². The van der Waals surface area contributed by atoms with Crippen LogP contribution < -0.4 is 0 Å². The lowest BCUT2D eigenvalue weighted by Crippen LogP contribution is -2.60. The minimum Gasteiger partial charge on any atom is -0.374 e. The van der Waals surface area contributed by atoms with Crippen molar-refractivity contribution in [2.24, 2.45) is 107 Å². The van der Waals surface area contributed by atoms with E-state index >= 15 is 0 Å². The molecule has 0 amide bonds. The molecule has 20 atom stereocenters. The van der Waals surface area contributed by atoms with E-state index in [9.17, 15) is 152 Å². The highest BCUT2D eigenvalue weighted by atomic mass is 32.3. The number of hydrogen-bond donors (Lipinski definition) is 3. The van der Waals surface area contributed by atoms with Gasteiger partial charge < -0.3 is 24.8 Å². The van der Waals surface area contributed by atoms with Gasteiger partial charge in [-0.05, 0) is 235 Å². The Morgan fingerprint density at radius 3 is 0.898 bits per heavy atom. The summed E-state index contributed by atoms with van der Waals surface area (Å²) < 4.78 is 429. The fraction of sp³-hybridized carbons (Fsp3) is 0.954. The zero-order valence-electron chi connectivity index (χ0n) is 70.7. The van der Waals surface area contributed by atoms with Gasteiger partial charge in [0, 0.05) is 7.11 Å². The van der Waals surface area contributed by atoms with Gasteiger partial charge in [0.05, 0.1) is 15.9 Å². The van der Waals surface area contributed by atoms with Crippen molar-refractivity contribution in [1.29, 1.82) is 0 Å². The molecule has 7 saturated carbocycles. The number of rotatable bonds is 46. The maximum absolute atomic E-state index is 14.3. The third kappa shape index (κ3) is 32.4. The highest BCUT2D eigenvalue weighted by Crippen LogP contribution is 2.65. The lowest BCUT2D eigenvalue weighted by molar-refractivity contribution is -0.397. The van der Waals surface area contributed by atoms with Gasteiger partial charge in [-0.15, -0.1) is 11.7 Å². The largest absolute Gasteiger partial charge is 0.426 e. The van der Waals surface area contributed by atoms with Gasteiger partial charge in [-0.3, -0.25) is 0 Å². The van der Waals surface area contributed by atoms with E-state index in [2.05, 4.69) is 16.1 Å². The number of halogens is 27. The maximum Gasteiger partial charge on any atom is 0.426 e. The maximum atomic E-state index is 14.3. The highest BCUT2D eigenvalue weighted by Gasteiger charge is 2.76. The van der Waals surface area contributed by atoms with Gasteiger partial charge in [0.15, 0.2) is 0 Å². The monoisotopic (exact) mass is 1970 g/mol. The summed E-state index contributed by atoms with van der Waals surface area (Å²) in [4.78, 5) is 0. The topological polar surface area (TPSA) is 182 Å². The molecule has 128 heavy (non-hydrogen) atoms. The number of alkyl halides is 24. The molecule has 8 rings (SSSR count). The van der Waals surface area contributed by atoms with Crippen LogP contribution >= 0.6 is 0 Å². The molecule has 0 aromatic rings. The molecule has 0 radical (unpaired) electrons. The molecule has 41 heteroatoms. The Bertz CT molecular complexity index is 3510. The van der Waals surface area contributed by atoms with Crippen LogP contribution in [0.1, 0.15) is 321 Å². The Kier molecular flexibility index (Phi) is 48.2. The summed E-state index contributed by atoms with van der Waals surface area (Å²) in [5, 5.41) is 26.8. The normalized spacial score (nSPS) is 27.8. The summed E-state index contributed by atoms with van der Waals surface area (Å²) in [6, 6.07) is 0. The van der Waals surface area contributed by atoms with Crippen molar-refractivity contribution in [2.45, 2.75) is 403 Å². The van der Waals surface area contributed by atoms with Gasteiger partial charge in [0.1, 0.15) is 6.79 Å². The molecule has 0 saturated heterocycles. The van der Waals surface area contributed by atoms with Crippen LogP contribution in [-0.4, -0.2) is 137 Å². The van der Waals surface area contributed by atoms with Crippen molar-refractivity contribution in [1.82, 2.24) is 0 Å². The molecule has 0 aromatic carbocycles. The Morgan fingerprint density at radius 2 is 0.641 bits per heavy atom. The number of allylic oxidation sites excluding steroid dienone is 2. The molecule has 20 unspecified atom stereocenters. The van der Waals surface area contributed by atoms with Crippen molar-refractivity contribution in [3.8, 4) is 0 Å². The predicted molar refractivity (Wildman–Crippen MR) is 438 cm³/mol. The first-order valence-corrected chi connectivity index (χ1v) is 48.1. The number of aliphatic hydroxyl groups is 3. The lowest BCUT2D eigenvalue weighted by Gasteiger charge is -2.43. The third-order valence-corrected chi connectivity index (χ3v) is 32.5. The average molecular weight is 1970 g/mol. The summed E-state index contributed by atoms with van der Waals surface area (Å²) in [5.74, 6) is -3.31. The molecule has 0 aromatic heterocycles. The highest BCUT2D eigenvalue weighted by molar-refractivity contribution is 7.89. The fourth-order valence-electron chi connectivity index (χ4n) is 22.8. The van der Waals surface area contributed by atoms with E-state index in [0.29, 0.717) is 63.7 Å². The van der Waals surface area contributed by atoms with Crippen molar-refractivity contribution in [3.05, 3.63) is 24.1 Å². The predicted octanol–water partition coefficient (Wildman–Crippen LogP) is 29.1. The number of fused-ring (bicyclic) bond motifs is 8. The van der Waals surface area contributed by atoms with Crippen molar-refractivity contribution < 1.29 is 167 Å². The quantitative estimate of drug-likeness (QED) is 0.0173. The van der Waals surface area contributed by atoms with Crippen LogP contribution in [0.2, 0.25) is 0 Å². The summed E-state index contributed by atoms with van der Waals surface area (Å²) in [5.41, 5.74) is -18.3. The average Bonchev–Trinajstić information content (AvgIpc) is 1.48. The summed E-state index contributed by atoms with van der Waals surface area (Å²) in [6.45, 7) is 8.63. The summed E-state index contributed by atoms with van der Waals surface area (Å²) >= 11 is 0. The Labute approximate surface area is 742 Å². The van der Waals surface area contributed by atoms with Crippen molar-refractivity contribution in [3.63, 3.8) is 0 Å². The number of methoxy groups -OCH3 is 1. The van der Waals surface area contributed by atoms with Crippen molar-refractivity contribution >= 4 is 30.7 Å². The van der Waals surface area contributed by atoms with Crippen LogP contribution in [0.15, 0.2) is 24.1 Å². The Balaban J connectivity index is 0.00000108. The van der Waals surface area contributed by atoms with Crippen LogP contribution in [0.3, 0.4) is 0 Å². The number of unbranched alkanes of at least 4 members (excludes halogenated alkanes) is 18. The van der Waals surface area contributed by atoms with Crippen LogP contribution in [-0.2, 0) is 40.1 Å². The molecule has 8 bridgehead atoms. The van der Waals surface area contributed by atoms with E-state index in [-0.39, 0.29) is 151 Å². The van der Waals surface area contributed by atoms with E-state index in [4.69, 9.17) is 5.11 Å². The van der Waals surface area contributed by atoms with E-state index in [1.54, 1.807) is 19.9 Å². The molecule has 0 heterocycles. The number of ether oxygens (including phenoxy) is 2. The van der Waals surface area contributed by atoms with Crippen molar-refractivity contribution in [2.75, 3.05) is 13.9 Å². The van der Waals surface area contributed by atoms with Crippen LogP contribution in [0.5, 0.6) is 0 Å². The molecule has 3 N–H and O–H groups in total. The second kappa shape index (κ2) is 50.0. The zero-order chi connectivity index (χ0) is 94.3. The second-order valence-corrected chi connectivity index (χ2v) is 41.5. The Morgan fingerprint density at radius 1 is 0.367 bits per heavy atom. The fourth-order valence-corrected chi connectivity index (χ4v) is 24.5. The minimum absolute atomic E-state index is 0. The van der Waals surface area contributed by atoms with Crippen LogP contribution in [0.25, 0.3) is 0 Å². The SMILES string of the molecule is C.C.C.C.C=CS(=O)(=O)F.CCC(CCCCCCCCCC1C2CC(CC(O)(C(F)(F)F)C(F)(F)F)C(C2)C1C)S(=O)(=O)F.CCC(CCCCCCCCCC1C2CC(CC(OCOC)(C(F)(F)F)C(F)(F)F)C(C2)C1CCCCCCCCCC1C2CC(CC(O)(C(F)(F)F)C(F)(F)F)C(C2)C1C)S(=O)(=O)F.OC(CC1CC2C=CC1C2)(C(F)(F)F)C(F)(F)F. The zero-order valence-corrected chi connectivity index (χ0v) is 73.2. The van der Waals surface area contributed by atoms with Gasteiger partial charge in [0.25, 0.3) is 22.4 Å². The molecule has 8 aliphatic carbocycles. The number of hydrogen-bond acceptors (Lipinski definition) is 11. The minimum atomic E-state index is -5.81. The van der Waals surface area contributed by atoms with Crippen LogP contribution in [0.4, 0.5) is 117 Å². The molecule has 0 aliphatic heterocycles. The summed E-state index contributed by atoms with van der Waals surface area (Å²) in [6.07, 6.45) is -21.1. The van der Waals surface area contributed by atoms with Gasteiger partial charge in [0.2, 0.25) is 0 Å². The molecule has 8 aliphatic rings. The van der Waals surface area contributed by atoms with Gasteiger partial charge in [-0.2, -0.15) is 131 Å². The third-order valence-electron chi connectivity index (χ3n) is 29.4. The van der Waals surface area contributed by atoms with Gasteiger partial charge in [-0.1, -0.05) is 211 Å². The van der Waals surface area contributed by atoms with Gasteiger partial charge in [-0.25, -0.2) is 0 Å². The standard InChI is InChI=1S/C46H73F13O5S.C24H39F7O3S.C11H12F6O.C2H3FO2S.4CH4/c1-4-35(65(59,61)62)19-15-11-7-5-9-13-17-21-37-32-24-34(28-42(45(53,54)55,46(56,57)58)64-29-63-3)40(26-32)38(37)22-18-14-10-6-8-12-16-20-36-30(2)39-25-31(36)23-33(39)27-41(60,43(47,48)49)44(50,51)52;1-3-19(35(31,33)34)11-9-7-5-4-6-8-10-12-20-16(2)21-14-17(20)13-18(21)15-22(32,23(25,26)27)24(28,29)30;12-10(13,14)9(18,11(15,16)17)5-8-4-6-1-2-7(8)3-6;1-2-6(3,4)5;;;;/h30-40,60H,4-29H2,1-3H3;16-21,32H,3-15H2,1-2H3;1-2,6-8,18H,3-5H2;2H,1H2;4*1H4. The molecule has 0 spiro atoms. The molecular formula is C87H143F27O11S3. The molecule has 764 valence electrons. The first-order chi connectivity index (χ1) is 56.8. The van der Waals surface area contributed by atoms with E-state index in [0.717, 1.165) is 148 Å². The lowest BCUT2D eigenvalue weighted by atomic mass is 9.67. The smallest absolute Gasteiger partial charge is 0.374 e. The molecule has 7 fully saturated rings. The van der Waals surface area contributed by atoms with Gasteiger partial charge >= 0.3 is 80.1 Å². The van der Waals surface area contributed by atoms with E-state index < -0.39 is 169 Å². The second-order valence-electron chi connectivity index (χ2n) is 36.9. The first kappa shape index (κ1) is 123. The van der Waals surface area contributed by atoms with Crippen LogP contribution in [0, 0.1) is 107 Å². The Hall–Kier alpha value is -2.76. The first-order valence-electron chi connectivity index (χ1n) is 43.7. The molecular weight excluding hydrogens is 1830 g/mol. The molecule has 11 nitrogen and oxygen atoms in total. The summed E-state index contributed by atoms with van der Waals surface area (Å²) in [7, 11) is -12.5. The van der Waals surface area contributed by atoms with E-state index in [1.165, 1.54) is 0 Å².